The summed E-state index contributed by atoms with van der Waals surface area (Å²) in [4.78, 5) is 20.2. The lowest BCUT2D eigenvalue weighted by Crippen LogP contribution is -2.41. The number of aromatic nitrogens is 2. The third-order valence-electron chi connectivity index (χ3n) is 4.43. The summed E-state index contributed by atoms with van der Waals surface area (Å²) >= 11 is 0. The summed E-state index contributed by atoms with van der Waals surface area (Å²) < 4.78 is 0. The minimum absolute atomic E-state index is 0.0449. The summed E-state index contributed by atoms with van der Waals surface area (Å²) in [5.74, 6) is 0.282. The zero-order valence-electron chi connectivity index (χ0n) is 15.2. The SMILES string of the molecule is CC(C)(C)Nc1ncc(C(N)=O)c(NC2CCC(C)(C)C(O)C2)n1. The smallest absolute Gasteiger partial charge is 0.254 e. The third-order valence-corrected chi connectivity index (χ3v) is 4.43. The minimum Gasteiger partial charge on any atom is -0.392 e. The zero-order chi connectivity index (χ0) is 18.1. The number of carbonyl (C=O) groups is 1. The Bertz CT molecular complexity index is 609. The normalized spacial score (nSPS) is 23.6. The Hall–Kier alpha value is -1.89. The van der Waals surface area contributed by atoms with Crippen LogP contribution in [-0.4, -0.2) is 38.7 Å². The molecule has 24 heavy (non-hydrogen) atoms. The lowest BCUT2D eigenvalue weighted by molar-refractivity contribution is 0.00912. The van der Waals surface area contributed by atoms with Crippen LogP contribution >= 0.6 is 0 Å². The first-order valence-corrected chi connectivity index (χ1v) is 8.37. The van der Waals surface area contributed by atoms with E-state index >= 15 is 0 Å². The van der Waals surface area contributed by atoms with E-state index in [0.717, 1.165) is 12.8 Å². The summed E-state index contributed by atoms with van der Waals surface area (Å²) in [5, 5.41) is 16.8. The van der Waals surface area contributed by atoms with Crippen molar-refractivity contribution in [1.82, 2.24) is 9.97 Å². The van der Waals surface area contributed by atoms with Crippen LogP contribution in [0.1, 0.15) is 64.2 Å². The molecule has 0 radical (unpaired) electrons. The van der Waals surface area contributed by atoms with Gasteiger partial charge in [0.2, 0.25) is 5.95 Å². The maximum absolute atomic E-state index is 11.7. The maximum Gasteiger partial charge on any atom is 0.254 e. The van der Waals surface area contributed by atoms with Crippen LogP contribution in [0.4, 0.5) is 11.8 Å². The molecule has 1 aromatic rings. The number of carbonyl (C=O) groups excluding carboxylic acids is 1. The van der Waals surface area contributed by atoms with Crippen molar-refractivity contribution in [3.63, 3.8) is 0 Å². The van der Waals surface area contributed by atoms with Gasteiger partial charge in [-0.1, -0.05) is 13.8 Å². The molecular weight excluding hydrogens is 306 g/mol. The van der Waals surface area contributed by atoms with Crippen LogP contribution in [0.2, 0.25) is 0 Å². The fraction of sp³-hybridized carbons (Fsp3) is 0.706. The number of nitrogens with two attached hydrogens (primary N) is 1. The molecule has 1 amide bonds. The van der Waals surface area contributed by atoms with Crippen molar-refractivity contribution >= 4 is 17.7 Å². The van der Waals surface area contributed by atoms with Crippen molar-refractivity contribution in [2.45, 2.75) is 71.6 Å². The molecule has 7 nitrogen and oxygen atoms in total. The first kappa shape index (κ1) is 18.4. The van der Waals surface area contributed by atoms with Crippen LogP contribution in [0.15, 0.2) is 6.20 Å². The molecule has 2 unspecified atom stereocenters. The number of aliphatic hydroxyl groups excluding tert-OH is 1. The molecular formula is C17H29N5O2. The first-order chi connectivity index (χ1) is 11.0. The number of nitrogens with zero attached hydrogens (tertiary/aromatic N) is 2. The molecule has 2 atom stereocenters. The Balaban J connectivity index is 2.21. The van der Waals surface area contributed by atoms with Crippen molar-refractivity contribution in [2.24, 2.45) is 11.1 Å². The van der Waals surface area contributed by atoms with E-state index in [9.17, 15) is 9.90 Å². The minimum atomic E-state index is -0.573. The van der Waals surface area contributed by atoms with E-state index < -0.39 is 12.0 Å². The van der Waals surface area contributed by atoms with Gasteiger partial charge in [0.05, 0.1) is 11.7 Å². The number of hydrogen-bond donors (Lipinski definition) is 4. The Morgan fingerprint density at radius 1 is 1.42 bits per heavy atom. The second-order valence-corrected chi connectivity index (χ2v) is 8.32. The van der Waals surface area contributed by atoms with Gasteiger partial charge < -0.3 is 21.5 Å². The number of hydrogen-bond acceptors (Lipinski definition) is 6. The van der Waals surface area contributed by atoms with Crippen molar-refractivity contribution < 1.29 is 9.90 Å². The number of aliphatic hydroxyl groups is 1. The largest absolute Gasteiger partial charge is 0.392 e. The lowest BCUT2D eigenvalue weighted by Gasteiger charge is -2.39. The van der Waals surface area contributed by atoms with Crippen LogP contribution in [0.5, 0.6) is 0 Å². The molecule has 5 N–H and O–H groups in total. The fourth-order valence-electron chi connectivity index (χ4n) is 2.81. The summed E-state index contributed by atoms with van der Waals surface area (Å²) in [6.07, 6.45) is 3.45. The summed E-state index contributed by atoms with van der Waals surface area (Å²) in [6, 6.07) is 0.0449. The van der Waals surface area contributed by atoms with Gasteiger partial charge in [0.1, 0.15) is 5.82 Å². The van der Waals surface area contributed by atoms with E-state index in [0.29, 0.717) is 18.2 Å². The molecule has 0 saturated heterocycles. The molecule has 1 fully saturated rings. The molecule has 0 aromatic carbocycles. The monoisotopic (exact) mass is 335 g/mol. The molecule has 1 saturated carbocycles. The van der Waals surface area contributed by atoms with Gasteiger partial charge in [-0.3, -0.25) is 4.79 Å². The highest BCUT2D eigenvalue weighted by Crippen LogP contribution is 2.36. The second-order valence-electron chi connectivity index (χ2n) is 8.32. The number of rotatable bonds is 4. The van der Waals surface area contributed by atoms with Gasteiger partial charge in [-0.05, 0) is 45.4 Å². The topological polar surface area (TPSA) is 113 Å². The predicted octanol–water partition coefficient (Wildman–Crippen LogP) is 2.14. The Morgan fingerprint density at radius 3 is 2.62 bits per heavy atom. The quantitative estimate of drug-likeness (QED) is 0.670. The molecule has 134 valence electrons. The van der Waals surface area contributed by atoms with Gasteiger partial charge in [-0.25, -0.2) is 4.98 Å². The van der Waals surface area contributed by atoms with Gasteiger partial charge in [0, 0.05) is 17.8 Å². The number of anilines is 2. The van der Waals surface area contributed by atoms with E-state index in [-0.39, 0.29) is 22.6 Å². The molecule has 1 aliphatic rings. The average molecular weight is 335 g/mol. The highest BCUT2D eigenvalue weighted by atomic mass is 16.3. The molecule has 0 spiro atoms. The molecule has 7 heteroatoms. The van der Waals surface area contributed by atoms with Crippen LogP contribution < -0.4 is 16.4 Å². The van der Waals surface area contributed by atoms with Crippen molar-refractivity contribution in [2.75, 3.05) is 10.6 Å². The van der Waals surface area contributed by atoms with Crippen LogP contribution in [0.25, 0.3) is 0 Å². The fourth-order valence-corrected chi connectivity index (χ4v) is 2.81. The van der Waals surface area contributed by atoms with Crippen LogP contribution in [0.3, 0.4) is 0 Å². The number of amides is 1. The molecule has 1 aliphatic carbocycles. The van der Waals surface area contributed by atoms with Gasteiger partial charge >= 0.3 is 0 Å². The van der Waals surface area contributed by atoms with Crippen molar-refractivity contribution in [3.8, 4) is 0 Å². The average Bonchev–Trinajstić information content (AvgIpc) is 2.41. The van der Waals surface area contributed by atoms with E-state index in [1.165, 1.54) is 6.20 Å². The predicted molar refractivity (Wildman–Crippen MR) is 95.0 cm³/mol. The first-order valence-electron chi connectivity index (χ1n) is 8.37. The third kappa shape index (κ3) is 4.56. The molecule has 0 bridgehead atoms. The van der Waals surface area contributed by atoms with Crippen LogP contribution in [0, 0.1) is 5.41 Å². The molecule has 1 aromatic heterocycles. The van der Waals surface area contributed by atoms with E-state index in [2.05, 4.69) is 34.4 Å². The van der Waals surface area contributed by atoms with Gasteiger partial charge in [-0.15, -0.1) is 0 Å². The standard InChI is InChI=1S/C17H29N5O2/c1-16(2,3)22-15-19-9-11(13(18)24)14(21-15)20-10-6-7-17(4,5)12(23)8-10/h9-10,12,23H,6-8H2,1-5H3,(H2,18,24)(H2,19,20,21,22). The van der Waals surface area contributed by atoms with Crippen molar-refractivity contribution in [1.29, 1.82) is 0 Å². The number of primary amides is 1. The van der Waals surface area contributed by atoms with Gasteiger partial charge in [-0.2, -0.15) is 4.98 Å². The summed E-state index contributed by atoms with van der Waals surface area (Å²) in [6.45, 7) is 10.2. The second kappa shape index (κ2) is 6.55. The highest BCUT2D eigenvalue weighted by molar-refractivity contribution is 5.97. The Morgan fingerprint density at radius 2 is 2.08 bits per heavy atom. The Kier molecular flexibility index (Phi) is 5.03. The molecule has 1 heterocycles. The number of nitrogens with one attached hydrogen (secondary N) is 2. The van der Waals surface area contributed by atoms with Crippen molar-refractivity contribution in [3.05, 3.63) is 11.8 Å². The molecule has 0 aliphatic heterocycles. The van der Waals surface area contributed by atoms with Crippen LogP contribution in [-0.2, 0) is 0 Å². The van der Waals surface area contributed by atoms with Gasteiger partial charge in [0.15, 0.2) is 0 Å². The maximum atomic E-state index is 11.7. The Labute approximate surface area is 143 Å². The highest BCUT2D eigenvalue weighted by Gasteiger charge is 2.35. The summed E-state index contributed by atoms with van der Waals surface area (Å²) in [5.41, 5.74) is 5.41. The van der Waals surface area contributed by atoms with Gasteiger partial charge in [0.25, 0.3) is 5.91 Å². The van der Waals surface area contributed by atoms with E-state index in [4.69, 9.17) is 5.73 Å². The van der Waals surface area contributed by atoms with E-state index in [1.807, 2.05) is 20.8 Å². The zero-order valence-corrected chi connectivity index (χ0v) is 15.2. The molecule has 2 rings (SSSR count). The van der Waals surface area contributed by atoms with E-state index in [1.54, 1.807) is 0 Å². The summed E-state index contributed by atoms with van der Waals surface area (Å²) in [7, 11) is 0. The lowest BCUT2D eigenvalue weighted by atomic mass is 9.73.